The summed E-state index contributed by atoms with van der Waals surface area (Å²) in [5.41, 5.74) is 0.500. The number of halogens is 3. The Morgan fingerprint density at radius 1 is 1.14 bits per heavy atom. The minimum atomic E-state index is -4.46. The predicted octanol–water partition coefficient (Wildman–Crippen LogP) is 4.27. The van der Waals surface area contributed by atoms with Crippen molar-refractivity contribution in [1.29, 1.82) is 0 Å². The van der Waals surface area contributed by atoms with Gasteiger partial charge in [-0.25, -0.2) is 0 Å². The first-order chi connectivity index (χ1) is 13.3. The van der Waals surface area contributed by atoms with E-state index >= 15 is 0 Å². The van der Waals surface area contributed by atoms with Crippen molar-refractivity contribution in [3.63, 3.8) is 0 Å². The molecule has 3 heterocycles. The van der Waals surface area contributed by atoms with E-state index in [-0.39, 0.29) is 16.9 Å². The summed E-state index contributed by atoms with van der Waals surface area (Å²) in [5.74, 6) is 0.706. The van der Waals surface area contributed by atoms with Gasteiger partial charge in [0, 0.05) is 30.8 Å². The summed E-state index contributed by atoms with van der Waals surface area (Å²) in [4.78, 5) is 19.7. The fraction of sp³-hybridized carbons (Fsp3) is 0.263. The zero-order valence-corrected chi connectivity index (χ0v) is 15.4. The average molecular weight is 407 g/mol. The van der Waals surface area contributed by atoms with Crippen molar-refractivity contribution < 1.29 is 17.6 Å². The molecular formula is C19H16F3N3O2S. The fourth-order valence-electron chi connectivity index (χ4n) is 3.42. The van der Waals surface area contributed by atoms with E-state index in [0.717, 1.165) is 11.8 Å². The largest absolute Gasteiger partial charge is 0.460 e. The first-order valence-corrected chi connectivity index (χ1v) is 9.04. The molecule has 0 fully saturated rings. The van der Waals surface area contributed by atoms with Crippen LogP contribution in [0.3, 0.4) is 0 Å². The minimum absolute atomic E-state index is 0.00857. The Balaban J connectivity index is 1.56. The van der Waals surface area contributed by atoms with Crippen LogP contribution in [0, 0.1) is 4.77 Å². The van der Waals surface area contributed by atoms with E-state index in [1.807, 2.05) is 4.90 Å². The van der Waals surface area contributed by atoms with E-state index in [4.69, 9.17) is 16.6 Å². The molecule has 3 aromatic rings. The zero-order valence-electron chi connectivity index (χ0n) is 14.6. The normalized spacial score (nSPS) is 14.8. The van der Waals surface area contributed by atoms with Crippen LogP contribution in [0.5, 0.6) is 0 Å². The van der Waals surface area contributed by atoms with E-state index in [1.165, 1.54) is 12.1 Å². The number of fused-ring (bicyclic) bond motifs is 1. The first-order valence-electron chi connectivity index (χ1n) is 8.63. The molecule has 1 aromatic carbocycles. The number of rotatable bonds is 3. The van der Waals surface area contributed by atoms with E-state index in [2.05, 4.69) is 9.97 Å². The lowest BCUT2D eigenvalue weighted by molar-refractivity contribution is -0.137. The lowest BCUT2D eigenvalue weighted by Gasteiger charge is -2.26. The van der Waals surface area contributed by atoms with Crippen LogP contribution in [0.15, 0.2) is 45.6 Å². The van der Waals surface area contributed by atoms with Gasteiger partial charge in [0.15, 0.2) is 4.77 Å². The third kappa shape index (κ3) is 3.67. The highest BCUT2D eigenvalue weighted by atomic mass is 32.1. The van der Waals surface area contributed by atoms with Crippen molar-refractivity contribution in [2.45, 2.75) is 25.7 Å². The Bertz CT molecular complexity index is 1130. The van der Waals surface area contributed by atoms with Crippen molar-refractivity contribution in [3.05, 3.63) is 74.1 Å². The second-order valence-corrected chi connectivity index (χ2v) is 7.04. The van der Waals surface area contributed by atoms with Crippen molar-refractivity contribution in [1.82, 2.24) is 14.9 Å². The summed E-state index contributed by atoms with van der Waals surface area (Å²) in [6.45, 7) is 1.48. The number of aromatic amines is 2. The standard InChI is InChI=1S/C19H16F3N3O2S/c20-19(21,22)14-4-2-1-3-12(14)16-6-5-11(27-16)9-25-8-7-15-13(10-25)17(26)24-18(28)23-15/h1-6H,7-10H2,(H2,23,24,26,28). The molecule has 0 spiro atoms. The van der Waals surface area contributed by atoms with Gasteiger partial charge in [0.25, 0.3) is 5.56 Å². The van der Waals surface area contributed by atoms with Crippen molar-refractivity contribution >= 4 is 12.2 Å². The molecule has 0 saturated heterocycles. The van der Waals surface area contributed by atoms with Crippen LogP contribution in [0.25, 0.3) is 11.3 Å². The maximum Gasteiger partial charge on any atom is 0.417 e. The van der Waals surface area contributed by atoms with Crippen LogP contribution in [-0.2, 0) is 25.7 Å². The Labute approximate surface area is 162 Å². The van der Waals surface area contributed by atoms with Crippen LogP contribution >= 0.6 is 12.2 Å². The molecule has 2 N–H and O–H groups in total. The summed E-state index contributed by atoms with van der Waals surface area (Å²) in [7, 11) is 0. The maximum absolute atomic E-state index is 13.2. The third-order valence-corrected chi connectivity index (χ3v) is 4.93. The highest BCUT2D eigenvalue weighted by Crippen LogP contribution is 2.37. The molecule has 1 aliphatic heterocycles. The van der Waals surface area contributed by atoms with Crippen molar-refractivity contribution in [2.75, 3.05) is 6.54 Å². The zero-order chi connectivity index (χ0) is 19.9. The fourth-order valence-corrected chi connectivity index (χ4v) is 3.64. The Morgan fingerprint density at radius 2 is 1.93 bits per heavy atom. The molecule has 146 valence electrons. The van der Waals surface area contributed by atoms with Gasteiger partial charge in [-0.3, -0.25) is 14.7 Å². The molecule has 0 radical (unpaired) electrons. The van der Waals surface area contributed by atoms with Gasteiger partial charge < -0.3 is 9.40 Å². The van der Waals surface area contributed by atoms with Gasteiger partial charge in [-0.2, -0.15) is 13.2 Å². The summed E-state index contributed by atoms with van der Waals surface area (Å²) < 4.78 is 45.7. The van der Waals surface area contributed by atoms with Gasteiger partial charge in [0.1, 0.15) is 11.5 Å². The lowest BCUT2D eigenvalue weighted by Crippen LogP contribution is -2.35. The summed E-state index contributed by atoms with van der Waals surface area (Å²) >= 11 is 4.99. The number of H-pyrrole nitrogens is 2. The van der Waals surface area contributed by atoms with Crippen LogP contribution in [-0.4, -0.2) is 21.4 Å². The van der Waals surface area contributed by atoms with Crippen LogP contribution in [0.2, 0.25) is 0 Å². The maximum atomic E-state index is 13.2. The molecule has 0 unspecified atom stereocenters. The molecule has 28 heavy (non-hydrogen) atoms. The molecule has 0 bridgehead atoms. The van der Waals surface area contributed by atoms with Gasteiger partial charge in [0.2, 0.25) is 0 Å². The van der Waals surface area contributed by atoms with E-state index in [1.54, 1.807) is 18.2 Å². The highest BCUT2D eigenvalue weighted by Gasteiger charge is 2.34. The Kier molecular flexibility index (Phi) is 4.72. The molecule has 4 rings (SSSR count). The second kappa shape index (κ2) is 7.06. The molecule has 2 aromatic heterocycles. The Hall–Kier alpha value is -2.65. The minimum Gasteiger partial charge on any atom is -0.460 e. The quantitative estimate of drug-likeness (QED) is 0.637. The van der Waals surface area contributed by atoms with Crippen LogP contribution in [0.1, 0.15) is 22.6 Å². The lowest BCUT2D eigenvalue weighted by atomic mass is 10.1. The smallest absolute Gasteiger partial charge is 0.417 e. The molecule has 0 atom stereocenters. The molecule has 1 aliphatic rings. The molecule has 0 aliphatic carbocycles. The number of nitrogens with one attached hydrogen (secondary N) is 2. The molecule has 9 heteroatoms. The molecule has 0 saturated carbocycles. The number of aromatic nitrogens is 2. The predicted molar refractivity (Wildman–Crippen MR) is 99.2 cm³/mol. The molecule has 5 nitrogen and oxygen atoms in total. The highest BCUT2D eigenvalue weighted by molar-refractivity contribution is 7.71. The Morgan fingerprint density at radius 3 is 2.71 bits per heavy atom. The molecule has 0 amide bonds. The number of alkyl halides is 3. The topological polar surface area (TPSA) is 65.0 Å². The van der Waals surface area contributed by atoms with Gasteiger partial charge in [-0.05, 0) is 30.4 Å². The summed E-state index contributed by atoms with van der Waals surface area (Å²) in [6.07, 6.45) is -3.82. The molecular weight excluding hydrogens is 391 g/mol. The average Bonchev–Trinajstić information content (AvgIpc) is 3.10. The van der Waals surface area contributed by atoms with Gasteiger partial charge >= 0.3 is 6.18 Å². The van der Waals surface area contributed by atoms with Gasteiger partial charge in [0.05, 0.1) is 17.7 Å². The van der Waals surface area contributed by atoms with Gasteiger partial charge in [-0.15, -0.1) is 0 Å². The monoisotopic (exact) mass is 407 g/mol. The second-order valence-electron chi connectivity index (χ2n) is 6.64. The summed E-state index contributed by atoms with van der Waals surface area (Å²) in [6, 6.07) is 8.54. The van der Waals surface area contributed by atoms with Crippen molar-refractivity contribution in [2.24, 2.45) is 0 Å². The summed E-state index contributed by atoms with van der Waals surface area (Å²) in [5, 5.41) is 0. The number of furan rings is 1. The van der Waals surface area contributed by atoms with Gasteiger partial charge in [-0.1, -0.05) is 18.2 Å². The number of hydrogen-bond donors (Lipinski definition) is 2. The van der Waals surface area contributed by atoms with Crippen molar-refractivity contribution in [3.8, 4) is 11.3 Å². The SMILES string of the molecule is O=c1[nH]c(=S)[nH]c2c1CN(Cc1ccc(-c3ccccc3C(F)(F)F)o1)CC2. The van der Waals surface area contributed by atoms with E-state index in [0.29, 0.717) is 42.1 Å². The van der Waals surface area contributed by atoms with Crippen LogP contribution < -0.4 is 5.56 Å². The number of benzene rings is 1. The third-order valence-electron chi connectivity index (χ3n) is 4.73. The van der Waals surface area contributed by atoms with Crippen LogP contribution in [0.4, 0.5) is 13.2 Å². The number of hydrogen-bond acceptors (Lipinski definition) is 4. The van der Waals surface area contributed by atoms with E-state index < -0.39 is 11.7 Å². The van der Waals surface area contributed by atoms with E-state index in [9.17, 15) is 18.0 Å². The number of nitrogens with zero attached hydrogens (tertiary/aromatic N) is 1. The first kappa shape index (κ1) is 18.7.